The summed E-state index contributed by atoms with van der Waals surface area (Å²) in [5.74, 6) is 6.53. The number of pyridine rings is 1. The fourth-order valence-corrected chi connectivity index (χ4v) is 4.39. The molecule has 1 aliphatic rings. The number of nitrogen functional groups attached to an aromatic ring is 1. The van der Waals surface area contributed by atoms with Crippen LogP contribution in [0.1, 0.15) is 34.9 Å². The summed E-state index contributed by atoms with van der Waals surface area (Å²) in [7, 11) is 2.15. The summed E-state index contributed by atoms with van der Waals surface area (Å²) in [6, 6.07) is 8.30. The zero-order valence-corrected chi connectivity index (χ0v) is 19.1. The molecule has 0 aliphatic carbocycles. The number of nitrogens with one attached hydrogen (secondary N) is 1. The molecule has 3 N–H and O–H groups in total. The lowest BCUT2D eigenvalue weighted by atomic mass is 9.92. The highest BCUT2D eigenvalue weighted by Crippen LogP contribution is 2.30. The van der Waals surface area contributed by atoms with Gasteiger partial charge in [0, 0.05) is 35.8 Å². The van der Waals surface area contributed by atoms with Gasteiger partial charge in [-0.15, -0.1) is 0 Å². The fourth-order valence-electron chi connectivity index (χ4n) is 4.39. The average Bonchev–Trinajstić information content (AvgIpc) is 3.21. The van der Waals surface area contributed by atoms with E-state index >= 15 is 0 Å². The number of anilines is 1. The predicted molar refractivity (Wildman–Crippen MR) is 130 cm³/mol. The van der Waals surface area contributed by atoms with Crippen molar-refractivity contribution in [1.29, 1.82) is 0 Å². The minimum atomic E-state index is 0.269. The zero-order valence-electron chi connectivity index (χ0n) is 19.1. The van der Waals surface area contributed by atoms with E-state index in [1.54, 1.807) is 19.3 Å². The van der Waals surface area contributed by atoms with Crippen LogP contribution in [0.3, 0.4) is 0 Å². The highest BCUT2D eigenvalue weighted by Gasteiger charge is 2.18. The Bertz CT molecular complexity index is 1410. The van der Waals surface area contributed by atoms with Gasteiger partial charge in [0.05, 0.1) is 17.6 Å². The van der Waals surface area contributed by atoms with E-state index < -0.39 is 0 Å². The standard InChI is InChI=1S/C26H26N6O/c1-4-5-20-12-22-17(6-8-28-25(22)30-20)15-33-26-24(27)29-13-23(31-26)18-10-16(2)21-7-9-32(3)14-19(21)11-18/h6,8,10-13H,7,9,14-15H2,1-3H3,(H2,27,29)(H,28,30). The third-order valence-corrected chi connectivity index (χ3v) is 6.06. The van der Waals surface area contributed by atoms with Crippen LogP contribution in [0.5, 0.6) is 5.88 Å². The van der Waals surface area contributed by atoms with Crippen molar-refractivity contribution in [2.24, 2.45) is 0 Å². The van der Waals surface area contributed by atoms with E-state index in [4.69, 9.17) is 15.5 Å². The number of H-pyrrole nitrogens is 1. The number of rotatable bonds is 4. The Labute approximate surface area is 193 Å². The number of benzene rings is 1. The lowest BCUT2D eigenvalue weighted by Gasteiger charge is -2.27. The van der Waals surface area contributed by atoms with Crippen molar-refractivity contribution in [1.82, 2.24) is 24.8 Å². The molecule has 0 fully saturated rings. The van der Waals surface area contributed by atoms with E-state index in [0.717, 1.165) is 53.1 Å². The molecule has 0 saturated heterocycles. The zero-order chi connectivity index (χ0) is 22.9. The lowest BCUT2D eigenvalue weighted by molar-refractivity contribution is 0.296. The van der Waals surface area contributed by atoms with Crippen LogP contribution in [0, 0.1) is 18.8 Å². The molecule has 4 heterocycles. The number of hydrogen-bond donors (Lipinski definition) is 2. The van der Waals surface area contributed by atoms with E-state index in [9.17, 15) is 0 Å². The van der Waals surface area contributed by atoms with E-state index in [1.807, 2.05) is 12.1 Å². The van der Waals surface area contributed by atoms with Crippen molar-refractivity contribution in [2.45, 2.75) is 33.4 Å². The van der Waals surface area contributed by atoms with Crippen molar-refractivity contribution in [2.75, 3.05) is 19.3 Å². The monoisotopic (exact) mass is 438 g/mol. The first-order valence-corrected chi connectivity index (χ1v) is 11.0. The number of nitrogens with two attached hydrogens (primary N) is 1. The van der Waals surface area contributed by atoms with E-state index in [0.29, 0.717) is 12.5 Å². The maximum absolute atomic E-state index is 6.10. The molecule has 0 radical (unpaired) electrons. The number of nitrogens with zero attached hydrogens (tertiary/aromatic N) is 4. The number of hydrogen-bond acceptors (Lipinski definition) is 6. The van der Waals surface area contributed by atoms with Crippen molar-refractivity contribution < 1.29 is 4.74 Å². The fraction of sp³-hybridized carbons (Fsp3) is 0.269. The summed E-state index contributed by atoms with van der Waals surface area (Å²) in [5.41, 5.74) is 14.5. The van der Waals surface area contributed by atoms with Gasteiger partial charge in [-0.2, -0.15) is 0 Å². The molecule has 7 nitrogen and oxygen atoms in total. The second kappa shape index (κ2) is 8.57. The molecular formula is C26H26N6O. The second-order valence-corrected chi connectivity index (χ2v) is 8.44. The summed E-state index contributed by atoms with van der Waals surface area (Å²) in [4.78, 5) is 19.0. The highest BCUT2D eigenvalue weighted by molar-refractivity contribution is 5.81. The van der Waals surface area contributed by atoms with Gasteiger partial charge in [-0.3, -0.25) is 0 Å². The molecule has 3 aromatic heterocycles. The molecule has 4 aromatic rings. The van der Waals surface area contributed by atoms with Gasteiger partial charge in [0.15, 0.2) is 5.82 Å². The largest absolute Gasteiger partial charge is 0.470 e. The maximum Gasteiger partial charge on any atom is 0.258 e. The molecule has 0 amide bonds. The first-order chi connectivity index (χ1) is 16.0. The number of aromatic amines is 1. The second-order valence-electron chi connectivity index (χ2n) is 8.44. The SMILES string of the molecule is CC#Cc1cc2c(COc3nc(-c4cc(C)c5c(c4)CN(C)CC5)cnc3N)ccnc2[nH]1. The first-order valence-electron chi connectivity index (χ1n) is 11.0. The van der Waals surface area contributed by atoms with Gasteiger partial charge in [0.1, 0.15) is 12.3 Å². The molecule has 1 aliphatic heterocycles. The van der Waals surface area contributed by atoms with Crippen LogP contribution in [0.25, 0.3) is 22.3 Å². The Morgan fingerprint density at radius 2 is 2.12 bits per heavy atom. The summed E-state index contributed by atoms with van der Waals surface area (Å²) in [6.45, 7) is 6.29. The molecular weight excluding hydrogens is 412 g/mol. The van der Waals surface area contributed by atoms with Crippen LogP contribution in [0.4, 0.5) is 5.82 Å². The molecule has 0 saturated carbocycles. The topological polar surface area (TPSA) is 92.9 Å². The Morgan fingerprint density at radius 1 is 1.24 bits per heavy atom. The van der Waals surface area contributed by atoms with Gasteiger partial charge in [-0.05, 0) is 74.2 Å². The maximum atomic E-state index is 6.10. The van der Waals surface area contributed by atoms with E-state index in [1.165, 1.54) is 16.7 Å². The van der Waals surface area contributed by atoms with Crippen molar-refractivity contribution in [3.63, 3.8) is 0 Å². The van der Waals surface area contributed by atoms with Gasteiger partial charge >= 0.3 is 0 Å². The number of likely N-dealkylation sites (N-methyl/N-ethyl adjacent to an activating group) is 1. The number of aromatic nitrogens is 4. The number of ether oxygens (including phenoxy) is 1. The van der Waals surface area contributed by atoms with Crippen LogP contribution in [-0.2, 0) is 19.6 Å². The van der Waals surface area contributed by atoms with E-state index in [-0.39, 0.29) is 5.82 Å². The Morgan fingerprint density at radius 3 is 2.97 bits per heavy atom. The molecule has 1 aromatic carbocycles. The first kappa shape index (κ1) is 21.0. The smallest absolute Gasteiger partial charge is 0.258 e. The molecule has 0 bridgehead atoms. The van der Waals surface area contributed by atoms with Gasteiger partial charge in [0.2, 0.25) is 0 Å². The molecule has 33 heavy (non-hydrogen) atoms. The van der Waals surface area contributed by atoms with Gasteiger partial charge in [0.25, 0.3) is 5.88 Å². The van der Waals surface area contributed by atoms with Crippen molar-refractivity contribution in [3.8, 4) is 29.0 Å². The third-order valence-electron chi connectivity index (χ3n) is 6.06. The molecule has 0 spiro atoms. The van der Waals surface area contributed by atoms with E-state index in [2.05, 4.69) is 57.8 Å². The van der Waals surface area contributed by atoms with Crippen LogP contribution in [-0.4, -0.2) is 38.4 Å². The summed E-state index contributed by atoms with van der Waals surface area (Å²) < 4.78 is 6.04. The van der Waals surface area contributed by atoms with Crippen molar-refractivity contribution in [3.05, 3.63) is 64.6 Å². The Balaban J connectivity index is 1.43. The molecule has 7 heteroatoms. The summed E-state index contributed by atoms with van der Waals surface area (Å²) >= 11 is 0. The number of aryl methyl sites for hydroxylation is 1. The predicted octanol–water partition coefficient (Wildman–Crippen LogP) is 3.85. The van der Waals surface area contributed by atoms with Gasteiger partial charge in [-0.1, -0.05) is 5.92 Å². The van der Waals surface area contributed by atoms with Crippen LogP contribution in [0.15, 0.2) is 36.7 Å². The van der Waals surface area contributed by atoms with Crippen molar-refractivity contribution >= 4 is 16.9 Å². The minimum absolute atomic E-state index is 0.269. The Kier molecular flexibility index (Phi) is 5.45. The average molecular weight is 439 g/mol. The third kappa shape index (κ3) is 4.13. The Hall–Kier alpha value is -3.89. The van der Waals surface area contributed by atoms with Gasteiger partial charge in [-0.25, -0.2) is 15.0 Å². The molecule has 0 unspecified atom stereocenters. The molecule has 5 rings (SSSR count). The summed E-state index contributed by atoms with van der Waals surface area (Å²) in [6.07, 6.45) is 4.53. The quantitative estimate of drug-likeness (QED) is 0.470. The molecule has 166 valence electrons. The van der Waals surface area contributed by atoms with Crippen LogP contribution >= 0.6 is 0 Å². The minimum Gasteiger partial charge on any atom is -0.470 e. The van der Waals surface area contributed by atoms with Gasteiger partial charge < -0.3 is 20.4 Å². The van der Waals surface area contributed by atoms with Crippen LogP contribution < -0.4 is 10.5 Å². The normalized spacial score (nSPS) is 13.4. The number of fused-ring (bicyclic) bond motifs is 2. The summed E-state index contributed by atoms with van der Waals surface area (Å²) in [5, 5.41) is 0.965. The van der Waals surface area contributed by atoms with Crippen LogP contribution in [0.2, 0.25) is 0 Å². The molecule has 0 atom stereocenters. The highest BCUT2D eigenvalue weighted by atomic mass is 16.5. The lowest BCUT2D eigenvalue weighted by Crippen LogP contribution is -2.27.